The summed E-state index contributed by atoms with van der Waals surface area (Å²) in [4.78, 5) is 29.0. The number of unbranched alkanes of at least 4 members (excludes halogenated alkanes) is 12. The van der Waals surface area contributed by atoms with Crippen molar-refractivity contribution in [3.63, 3.8) is 0 Å². The van der Waals surface area contributed by atoms with E-state index in [4.69, 9.17) is 0 Å². The third-order valence-electron chi connectivity index (χ3n) is 4.31. The summed E-state index contributed by atoms with van der Waals surface area (Å²) in [6, 6.07) is 0. The smallest absolute Gasteiger partial charge is 0.277 e. The fourth-order valence-electron chi connectivity index (χ4n) is 2.80. The fraction of sp³-hybridized carbons (Fsp3) is 1.00. The van der Waals surface area contributed by atoms with Crippen LogP contribution in [0, 0.1) is 0 Å². The molecule has 0 rings (SSSR count). The van der Waals surface area contributed by atoms with Crippen LogP contribution in [0.1, 0.15) is 104 Å². The van der Waals surface area contributed by atoms with Crippen LogP contribution < -0.4 is 0 Å². The van der Waals surface area contributed by atoms with Gasteiger partial charge in [-0.2, -0.15) is 0 Å². The predicted octanol–water partition coefficient (Wildman–Crippen LogP) is 5.76. The predicted molar refractivity (Wildman–Crippen MR) is 107 cm³/mol. The molecule has 0 aliphatic heterocycles. The zero-order valence-electron chi connectivity index (χ0n) is 15.5. The first-order chi connectivity index (χ1) is 11.0. The van der Waals surface area contributed by atoms with Gasteiger partial charge in [-0.1, -0.05) is 90.9 Å². The Morgan fingerprint density at radius 2 is 0.826 bits per heavy atom. The molecule has 5 heteroatoms. The summed E-state index contributed by atoms with van der Waals surface area (Å²) in [5.74, 6) is 1.59. The number of hydrogen-bond acceptors (Lipinski definition) is 0. The Bertz CT molecular complexity index is 287. The van der Waals surface area contributed by atoms with Crippen molar-refractivity contribution >= 4 is 16.8 Å². The van der Waals surface area contributed by atoms with Crippen molar-refractivity contribution in [3.8, 4) is 0 Å². The molecule has 0 saturated carbocycles. The fourth-order valence-corrected chi connectivity index (χ4v) is 6.81. The standard InChI is InChI=1S/C18H41O3PS/c1-3-5-7-9-11-13-15-17-23(22(19,20)21)18-16-14-12-10-8-6-4-2/h19-21H,3-18H2,1-2H3. The van der Waals surface area contributed by atoms with Crippen molar-refractivity contribution in [2.75, 3.05) is 11.5 Å². The molecule has 0 amide bonds. The molecule has 3 nitrogen and oxygen atoms in total. The summed E-state index contributed by atoms with van der Waals surface area (Å²) < 4.78 is 0. The van der Waals surface area contributed by atoms with Gasteiger partial charge >= 0.3 is 0 Å². The van der Waals surface area contributed by atoms with Crippen molar-refractivity contribution in [3.05, 3.63) is 0 Å². The Morgan fingerprint density at radius 1 is 0.522 bits per heavy atom. The molecule has 3 N–H and O–H groups in total. The molecule has 0 bridgehead atoms. The molecular formula is C18H41O3PS. The maximum atomic E-state index is 9.66. The molecule has 0 aliphatic carbocycles. The number of rotatable bonds is 16. The molecule has 0 atom stereocenters. The first-order valence-electron chi connectivity index (χ1n) is 9.77. The average Bonchev–Trinajstić information content (AvgIpc) is 2.50. The first kappa shape index (κ1) is 23.7. The lowest BCUT2D eigenvalue weighted by molar-refractivity contribution is 0.362. The molecule has 0 aromatic rings. The lowest BCUT2D eigenvalue weighted by atomic mass is 10.1. The second-order valence-electron chi connectivity index (χ2n) is 6.63. The molecule has 0 fully saturated rings. The Hall–Kier alpha value is 0.660. The summed E-state index contributed by atoms with van der Waals surface area (Å²) in [6.07, 6.45) is 17.2. The molecule has 0 aliphatic rings. The van der Waals surface area contributed by atoms with Crippen molar-refractivity contribution in [1.29, 1.82) is 0 Å². The quantitative estimate of drug-likeness (QED) is 0.240. The minimum absolute atomic E-state index is 0.582. The van der Waals surface area contributed by atoms with Crippen molar-refractivity contribution in [2.45, 2.75) is 104 Å². The molecule has 0 saturated heterocycles. The highest BCUT2D eigenvalue weighted by Gasteiger charge is 2.12. The van der Waals surface area contributed by atoms with Crippen LogP contribution in [-0.4, -0.2) is 26.2 Å². The average molecular weight is 369 g/mol. The van der Waals surface area contributed by atoms with E-state index in [0.717, 1.165) is 37.2 Å². The van der Waals surface area contributed by atoms with Gasteiger partial charge in [-0.05, 0) is 24.3 Å². The van der Waals surface area contributed by atoms with E-state index in [9.17, 15) is 14.7 Å². The molecule has 0 unspecified atom stereocenters. The van der Waals surface area contributed by atoms with Gasteiger partial charge in [0.25, 0.3) is 6.72 Å². The summed E-state index contributed by atoms with van der Waals surface area (Å²) in [7, 11) is -0.582. The van der Waals surface area contributed by atoms with Gasteiger partial charge in [-0.3, -0.25) is 0 Å². The zero-order valence-corrected chi connectivity index (χ0v) is 17.2. The van der Waals surface area contributed by atoms with E-state index in [2.05, 4.69) is 13.8 Å². The second-order valence-corrected chi connectivity index (χ2v) is 12.4. The summed E-state index contributed by atoms with van der Waals surface area (Å²) in [6.45, 7) is 0.819. The van der Waals surface area contributed by atoms with Gasteiger partial charge in [0.05, 0.1) is 0 Å². The topological polar surface area (TPSA) is 60.7 Å². The van der Waals surface area contributed by atoms with Crippen LogP contribution in [0.2, 0.25) is 0 Å². The highest BCUT2D eigenvalue weighted by Crippen LogP contribution is 2.37. The molecular weight excluding hydrogens is 327 g/mol. The molecule has 23 heavy (non-hydrogen) atoms. The zero-order chi connectivity index (χ0) is 17.4. The Labute approximate surface area is 147 Å². The normalized spacial score (nSPS) is 12.3. The van der Waals surface area contributed by atoms with E-state index < -0.39 is 16.8 Å². The Kier molecular flexibility index (Phi) is 16.6. The summed E-state index contributed by atoms with van der Waals surface area (Å²) in [5, 5.41) is 0. The third kappa shape index (κ3) is 15.9. The van der Waals surface area contributed by atoms with Crippen LogP contribution in [0.3, 0.4) is 0 Å². The van der Waals surface area contributed by atoms with Crippen LogP contribution >= 0.6 is 6.72 Å². The third-order valence-corrected chi connectivity index (χ3v) is 9.70. The summed E-state index contributed by atoms with van der Waals surface area (Å²) in [5.41, 5.74) is 0. The van der Waals surface area contributed by atoms with Crippen LogP contribution in [-0.2, 0) is 10.1 Å². The lowest BCUT2D eigenvalue weighted by Crippen LogP contribution is -2.06. The SMILES string of the molecule is CCCCCCCCCS(CCCCCCCCC)=P(O)(O)O. The minimum Gasteiger partial charge on any atom is -0.329 e. The van der Waals surface area contributed by atoms with E-state index in [-0.39, 0.29) is 0 Å². The van der Waals surface area contributed by atoms with Gasteiger partial charge in [-0.25, -0.2) is 0 Å². The van der Waals surface area contributed by atoms with E-state index >= 15 is 0 Å². The van der Waals surface area contributed by atoms with E-state index in [0.29, 0.717) is 0 Å². The van der Waals surface area contributed by atoms with Gasteiger partial charge < -0.3 is 14.7 Å². The van der Waals surface area contributed by atoms with Crippen molar-refractivity contribution in [1.82, 2.24) is 0 Å². The van der Waals surface area contributed by atoms with Gasteiger partial charge in [0.15, 0.2) is 0 Å². The second kappa shape index (κ2) is 16.1. The van der Waals surface area contributed by atoms with Crippen LogP contribution in [0.15, 0.2) is 0 Å². The molecule has 0 aromatic carbocycles. The molecule has 0 radical (unpaired) electrons. The van der Waals surface area contributed by atoms with Crippen LogP contribution in [0.5, 0.6) is 0 Å². The number of hydrogen-bond donors (Lipinski definition) is 3. The summed E-state index contributed by atoms with van der Waals surface area (Å²) >= 11 is 0. The Balaban J connectivity index is 3.80. The molecule has 142 valence electrons. The maximum Gasteiger partial charge on any atom is 0.277 e. The molecule has 0 heterocycles. The Morgan fingerprint density at radius 3 is 1.13 bits per heavy atom. The van der Waals surface area contributed by atoms with Crippen molar-refractivity contribution in [2.24, 2.45) is 0 Å². The van der Waals surface area contributed by atoms with E-state index in [1.807, 2.05) is 0 Å². The highest BCUT2D eigenvalue weighted by molar-refractivity contribution is 8.27. The molecule has 0 spiro atoms. The van der Waals surface area contributed by atoms with Gasteiger partial charge in [0, 0.05) is 0 Å². The minimum atomic E-state index is -3.63. The highest BCUT2D eigenvalue weighted by atomic mass is 32.5. The van der Waals surface area contributed by atoms with E-state index in [1.54, 1.807) is 0 Å². The van der Waals surface area contributed by atoms with Gasteiger partial charge in [0.1, 0.15) is 0 Å². The van der Waals surface area contributed by atoms with Gasteiger partial charge in [0.2, 0.25) is 0 Å². The van der Waals surface area contributed by atoms with E-state index in [1.165, 1.54) is 64.2 Å². The monoisotopic (exact) mass is 368 g/mol. The van der Waals surface area contributed by atoms with Crippen molar-refractivity contribution < 1.29 is 14.7 Å². The lowest BCUT2D eigenvalue weighted by Gasteiger charge is -2.15. The maximum absolute atomic E-state index is 9.66. The first-order valence-corrected chi connectivity index (χ1v) is 13.6. The van der Waals surface area contributed by atoms with Gasteiger partial charge in [-0.15, -0.1) is 10.1 Å². The van der Waals surface area contributed by atoms with Crippen LogP contribution in [0.25, 0.3) is 0 Å². The van der Waals surface area contributed by atoms with Crippen LogP contribution in [0.4, 0.5) is 0 Å². The molecule has 0 aromatic heterocycles. The largest absolute Gasteiger partial charge is 0.329 e.